The van der Waals surface area contributed by atoms with E-state index < -0.39 is 17.2 Å². The summed E-state index contributed by atoms with van der Waals surface area (Å²) in [5.41, 5.74) is 2.29. The molecular formula is C19H19N7O4. The third-order valence-electron chi connectivity index (χ3n) is 4.96. The van der Waals surface area contributed by atoms with Crippen molar-refractivity contribution in [2.45, 2.75) is 20.4 Å². The molecule has 4 aromatic rings. The topological polar surface area (TPSA) is 130 Å². The Bertz CT molecular complexity index is 1410. The number of fused-ring (bicyclic) bond motifs is 1. The van der Waals surface area contributed by atoms with Gasteiger partial charge in [0.1, 0.15) is 6.54 Å². The van der Waals surface area contributed by atoms with Gasteiger partial charge in [-0.15, -0.1) is 5.10 Å². The number of nitrogens with zero attached hydrogens (tertiary/aromatic N) is 6. The number of aromatic nitrogens is 6. The molecule has 0 bridgehead atoms. The van der Waals surface area contributed by atoms with Gasteiger partial charge in [-0.3, -0.25) is 24.0 Å². The molecule has 0 spiro atoms. The lowest BCUT2D eigenvalue weighted by Crippen LogP contribution is -2.37. The predicted molar refractivity (Wildman–Crippen MR) is 108 cm³/mol. The summed E-state index contributed by atoms with van der Waals surface area (Å²) < 4.78 is 9.11. The van der Waals surface area contributed by atoms with Crippen molar-refractivity contribution in [2.24, 2.45) is 14.1 Å². The number of benzene rings is 1. The summed E-state index contributed by atoms with van der Waals surface area (Å²) in [6.45, 7) is 3.77. The predicted octanol–water partition coefficient (Wildman–Crippen LogP) is 0.739. The van der Waals surface area contributed by atoms with Crippen LogP contribution in [0.25, 0.3) is 22.6 Å². The molecule has 154 valence electrons. The molecule has 0 aliphatic carbocycles. The molecule has 1 aromatic carbocycles. The van der Waals surface area contributed by atoms with E-state index in [-0.39, 0.29) is 29.6 Å². The molecule has 0 saturated carbocycles. The smallest absolute Gasteiger partial charge is 0.332 e. The zero-order chi connectivity index (χ0) is 21.6. The lowest BCUT2D eigenvalue weighted by molar-refractivity contribution is -0.116. The van der Waals surface area contributed by atoms with Crippen molar-refractivity contribution >= 4 is 23.1 Å². The zero-order valence-electron chi connectivity index (χ0n) is 16.8. The summed E-state index contributed by atoms with van der Waals surface area (Å²) in [6, 6.07) is 5.68. The van der Waals surface area contributed by atoms with Gasteiger partial charge in [0, 0.05) is 19.7 Å². The third kappa shape index (κ3) is 3.19. The molecule has 3 aromatic heterocycles. The second-order valence-electron chi connectivity index (χ2n) is 7.01. The molecule has 0 unspecified atom stereocenters. The van der Waals surface area contributed by atoms with Crippen LogP contribution in [0.4, 0.5) is 6.01 Å². The van der Waals surface area contributed by atoms with E-state index in [1.165, 1.54) is 29.6 Å². The van der Waals surface area contributed by atoms with Gasteiger partial charge in [-0.25, -0.2) is 9.78 Å². The fourth-order valence-electron chi connectivity index (χ4n) is 3.10. The average molecular weight is 409 g/mol. The first-order chi connectivity index (χ1) is 14.3. The fraction of sp³-hybridized carbons (Fsp3) is 0.263. The Morgan fingerprint density at radius 2 is 1.87 bits per heavy atom. The van der Waals surface area contributed by atoms with Crippen molar-refractivity contribution < 1.29 is 9.21 Å². The molecular weight excluding hydrogens is 390 g/mol. The first-order valence-electron chi connectivity index (χ1n) is 9.08. The molecule has 3 heterocycles. The normalized spacial score (nSPS) is 11.2. The number of carbonyl (C=O) groups is 1. The lowest BCUT2D eigenvalue weighted by Gasteiger charge is -2.06. The van der Waals surface area contributed by atoms with E-state index in [0.717, 1.165) is 21.3 Å². The minimum Gasteiger partial charge on any atom is -0.403 e. The molecule has 11 heteroatoms. The van der Waals surface area contributed by atoms with Crippen molar-refractivity contribution in [3.63, 3.8) is 0 Å². The van der Waals surface area contributed by atoms with Crippen LogP contribution in [0.3, 0.4) is 0 Å². The maximum absolute atomic E-state index is 12.5. The number of amides is 1. The van der Waals surface area contributed by atoms with Gasteiger partial charge in [0.2, 0.25) is 11.8 Å². The maximum Gasteiger partial charge on any atom is 0.332 e. The Kier molecular flexibility index (Phi) is 4.57. The van der Waals surface area contributed by atoms with E-state index >= 15 is 0 Å². The molecule has 1 N–H and O–H groups in total. The third-order valence-corrected chi connectivity index (χ3v) is 4.96. The van der Waals surface area contributed by atoms with Crippen LogP contribution in [0.2, 0.25) is 0 Å². The minimum atomic E-state index is -0.534. The molecule has 11 nitrogen and oxygen atoms in total. The van der Waals surface area contributed by atoms with Gasteiger partial charge in [-0.2, -0.15) is 0 Å². The second kappa shape index (κ2) is 7.10. The number of aryl methyl sites for hydroxylation is 3. The highest BCUT2D eigenvalue weighted by Gasteiger charge is 2.17. The van der Waals surface area contributed by atoms with Gasteiger partial charge < -0.3 is 8.98 Å². The molecule has 0 fully saturated rings. The molecule has 1 amide bonds. The van der Waals surface area contributed by atoms with E-state index in [0.29, 0.717) is 0 Å². The van der Waals surface area contributed by atoms with Crippen LogP contribution in [-0.4, -0.2) is 34.8 Å². The number of carbonyl (C=O) groups excluding carboxylic acids is 1. The molecule has 0 aliphatic rings. The highest BCUT2D eigenvalue weighted by Crippen LogP contribution is 2.22. The minimum absolute atomic E-state index is 0.0575. The van der Waals surface area contributed by atoms with Gasteiger partial charge >= 0.3 is 11.7 Å². The number of hydrogen-bond donors (Lipinski definition) is 1. The fourth-order valence-corrected chi connectivity index (χ4v) is 3.10. The number of anilines is 1. The summed E-state index contributed by atoms with van der Waals surface area (Å²) in [5.74, 6) is -0.203. The van der Waals surface area contributed by atoms with E-state index in [2.05, 4.69) is 20.5 Å². The van der Waals surface area contributed by atoms with Gasteiger partial charge in [0.05, 0.1) is 6.33 Å². The Balaban J connectivity index is 1.56. The summed E-state index contributed by atoms with van der Waals surface area (Å²) in [6.07, 6.45) is 1.33. The van der Waals surface area contributed by atoms with Crippen LogP contribution in [-0.2, 0) is 25.4 Å². The van der Waals surface area contributed by atoms with Crippen molar-refractivity contribution in [3.8, 4) is 11.5 Å². The van der Waals surface area contributed by atoms with E-state index in [4.69, 9.17) is 4.42 Å². The Hall–Kier alpha value is -4.02. The summed E-state index contributed by atoms with van der Waals surface area (Å²) in [5, 5.41) is 10.3. The summed E-state index contributed by atoms with van der Waals surface area (Å²) in [7, 11) is 2.88. The highest BCUT2D eigenvalue weighted by molar-refractivity contribution is 5.89. The molecule has 30 heavy (non-hydrogen) atoms. The standard InChI is InChI=1S/C19H19N7O4/c1-10-5-6-12(7-11(10)2)16-22-23-18(30-16)21-13(27)8-26-9-20-15-14(26)17(28)25(4)19(29)24(15)3/h5-7,9H,8H2,1-4H3,(H,21,23,27). The van der Waals surface area contributed by atoms with Crippen LogP contribution in [0.5, 0.6) is 0 Å². The summed E-state index contributed by atoms with van der Waals surface area (Å²) in [4.78, 5) is 41.0. The number of nitrogens with one attached hydrogen (secondary N) is 1. The largest absolute Gasteiger partial charge is 0.403 e. The average Bonchev–Trinajstić information content (AvgIpc) is 3.34. The van der Waals surface area contributed by atoms with Crippen LogP contribution in [0, 0.1) is 13.8 Å². The van der Waals surface area contributed by atoms with Crippen LogP contribution in [0.15, 0.2) is 38.5 Å². The monoisotopic (exact) mass is 409 g/mol. The Labute approximate surface area is 169 Å². The first-order valence-corrected chi connectivity index (χ1v) is 9.08. The first kappa shape index (κ1) is 19.3. The van der Waals surface area contributed by atoms with E-state index in [1.807, 2.05) is 32.0 Å². The van der Waals surface area contributed by atoms with Crippen LogP contribution < -0.4 is 16.6 Å². The van der Waals surface area contributed by atoms with Crippen molar-refractivity contribution in [1.82, 2.24) is 28.9 Å². The molecule has 0 atom stereocenters. The SMILES string of the molecule is Cc1ccc(-c2nnc(NC(=O)Cn3cnc4c3c(=O)n(C)c(=O)n4C)o2)cc1C. The zero-order valence-corrected chi connectivity index (χ0v) is 16.8. The lowest BCUT2D eigenvalue weighted by atomic mass is 10.1. The van der Waals surface area contributed by atoms with Gasteiger partial charge in [-0.1, -0.05) is 11.2 Å². The number of hydrogen-bond acceptors (Lipinski definition) is 7. The van der Waals surface area contributed by atoms with Gasteiger partial charge in [0.25, 0.3) is 5.56 Å². The number of imidazole rings is 1. The Morgan fingerprint density at radius 3 is 2.60 bits per heavy atom. The quantitative estimate of drug-likeness (QED) is 0.526. The highest BCUT2D eigenvalue weighted by atomic mass is 16.4. The van der Waals surface area contributed by atoms with Crippen molar-refractivity contribution in [2.75, 3.05) is 5.32 Å². The van der Waals surface area contributed by atoms with Crippen LogP contribution in [0.1, 0.15) is 11.1 Å². The van der Waals surface area contributed by atoms with E-state index in [9.17, 15) is 14.4 Å². The molecule has 0 saturated heterocycles. The molecule has 4 rings (SSSR count). The number of rotatable bonds is 4. The Morgan fingerprint density at radius 1 is 1.10 bits per heavy atom. The van der Waals surface area contributed by atoms with Crippen molar-refractivity contribution in [3.05, 3.63) is 56.5 Å². The van der Waals surface area contributed by atoms with E-state index in [1.54, 1.807) is 0 Å². The molecule has 0 radical (unpaired) electrons. The van der Waals surface area contributed by atoms with Gasteiger partial charge in [-0.05, 0) is 37.1 Å². The summed E-state index contributed by atoms with van der Waals surface area (Å²) >= 11 is 0. The second-order valence-corrected chi connectivity index (χ2v) is 7.01. The maximum atomic E-state index is 12.5. The molecule has 0 aliphatic heterocycles. The van der Waals surface area contributed by atoms with Crippen molar-refractivity contribution in [1.29, 1.82) is 0 Å². The van der Waals surface area contributed by atoms with Crippen LogP contribution >= 0.6 is 0 Å². The van der Waals surface area contributed by atoms with Gasteiger partial charge in [0.15, 0.2) is 11.2 Å².